The molecule has 4 atom stereocenters. The van der Waals surface area contributed by atoms with Gasteiger partial charge in [0.15, 0.2) is 0 Å². The summed E-state index contributed by atoms with van der Waals surface area (Å²) in [7, 11) is 0. The zero-order valence-electron chi connectivity index (χ0n) is 15.8. The summed E-state index contributed by atoms with van der Waals surface area (Å²) in [4.78, 5) is 0. The van der Waals surface area contributed by atoms with E-state index >= 15 is 0 Å². The van der Waals surface area contributed by atoms with Gasteiger partial charge in [0.1, 0.15) is 35.9 Å². The van der Waals surface area contributed by atoms with E-state index in [1.807, 2.05) is 0 Å². The lowest BCUT2D eigenvalue weighted by atomic mass is 9.94. The number of rotatable bonds is 7. The second-order valence-corrected chi connectivity index (χ2v) is 6.62. The van der Waals surface area contributed by atoms with E-state index in [0.717, 1.165) is 0 Å². The third kappa shape index (κ3) is 4.79. The topological polar surface area (TPSA) is 121 Å². The lowest BCUT2D eigenvalue weighted by Crippen LogP contribution is -2.46. The highest BCUT2D eigenvalue weighted by Gasteiger charge is 2.35. The molecule has 2 rings (SSSR count). The zero-order chi connectivity index (χ0) is 20.8. The molecule has 28 heavy (non-hydrogen) atoms. The largest absolute Gasteiger partial charge is 0.509 e. The van der Waals surface area contributed by atoms with Crippen LogP contribution in [0.15, 0.2) is 72.2 Å². The van der Waals surface area contributed by atoms with Crippen LogP contribution in [-0.2, 0) is 0 Å². The summed E-state index contributed by atoms with van der Waals surface area (Å²) < 4.78 is 0. The quantitative estimate of drug-likeness (QED) is 0.407. The van der Waals surface area contributed by atoms with Crippen LogP contribution in [0.4, 0.5) is 0 Å². The maximum Gasteiger partial charge on any atom is 0.139 e. The summed E-state index contributed by atoms with van der Waals surface area (Å²) in [5, 5.41) is 61.5. The van der Waals surface area contributed by atoms with E-state index in [2.05, 4.69) is 0 Å². The third-order valence-electron chi connectivity index (χ3n) is 4.74. The Morgan fingerprint density at radius 3 is 1.14 bits per heavy atom. The molecular formula is C22H26O6. The molecule has 2 aromatic rings. The molecule has 6 N–H and O–H groups in total. The molecule has 0 aliphatic rings. The summed E-state index contributed by atoms with van der Waals surface area (Å²) in [5.41, 5.74) is 1.89. The van der Waals surface area contributed by atoms with Crippen molar-refractivity contribution in [2.45, 2.75) is 38.3 Å². The van der Waals surface area contributed by atoms with Crippen molar-refractivity contribution < 1.29 is 30.6 Å². The van der Waals surface area contributed by atoms with Crippen LogP contribution in [0.3, 0.4) is 0 Å². The highest BCUT2D eigenvalue weighted by molar-refractivity contribution is 5.67. The first-order valence-electron chi connectivity index (χ1n) is 8.88. The van der Waals surface area contributed by atoms with Gasteiger partial charge in [-0.2, -0.15) is 0 Å². The van der Waals surface area contributed by atoms with Crippen molar-refractivity contribution in [2.24, 2.45) is 0 Å². The van der Waals surface area contributed by atoms with Crippen LogP contribution in [0.2, 0.25) is 0 Å². The smallest absolute Gasteiger partial charge is 0.139 e. The molecule has 6 heteroatoms. The van der Waals surface area contributed by atoms with Crippen molar-refractivity contribution in [3.8, 4) is 0 Å². The molecule has 0 heterocycles. The summed E-state index contributed by atoms with van der Waals surface area (Å²) in [6.07, 6.45) is -7.57. The monoisotopic (exact) mass is 386 g/mol. The first-order valence-corrected chi connectivity index (χ1v) is 8.88. The minimum Gasteiger partial charge on any atom is -0.509 e. The van der Waals surface area contributed by atoms with E-state index in [4.69, 9.17) is 0 Å². The molecule has 0 saturated carbocycles. The molecular weight excluding hydrogens is 360 g/mol. The van der Waals surface area contributed by atoms with E-state index in [1.165, 1.54) is 0 Å². The van der Waals surface area contributed by atoms with Crippen LogP contribution in [0, 0.1) is 0 Å². The van der Waals surface area contributed by atoms with Gasteiger partial charge in [0.2, 0.25) is 0 Å². The Hall–Kier alpha value is -2.64. The summed E-state index contributed by atoms with van der Waals surface area (Å²) in [6.45, 7) is 3.11. The minimum absolute atomic E-state index is 0.314. The van der Waals surface area contributed by atoms with Crippen molar-refractivity contribution in [1.82, 2.24) is 0 Å². The molecule has 0 aliphatic carbocycles. The van der Waals surface area contributed by atoms with Crippen molar-refractivity contribution in [1.29, 1.82) is 0 Å². The van der Waals surface area contributed by atoms with Gasteiger partial charge >= 0.3 is 0 Å². The van der Waals surface area contributed by atoms with Crippen LogP contribution in [0.25, 0.3) is 11.1 Å². The second kappa shape index (κ2) is 9.52. The molecule has 6 nitrogen and oxygen atoms in total. The van der Waals surface area contributed by atoms with Gasteiger partial charge in [0.25, 0.3) is 0 Å². The summed E-state index contributed by atoms with van der Waals surface area (Å²) >= 11 is 0. The molecule has 0 bridgehead atoms. The van der Waals surface area contributed by atoms with Crippen molar-refractivity contribution in [2.75, 3.05) is 0 Å². The average Bonchev–Trinajstić information content (AvgIpc) is 2.76. The second-order valence-electron chi connectivity index (χ2n) is 6.62. The molecule has 0 fully saturated rings. The maximum atomic E-state index is 10.3. The van der Waals surface area contributed by atoms with E-state index < -0.39 is 35.9 Å². The first-order chi connectivity index (χ1) is 13.3. The van der Waals surface area contributed by atoms with Gasteiger partial charge in [0, 0.05) is 0 Å². The maximum absolute atomic E-state index is 10.3. The van der Waals surface area contributed by atoms with E-state index in [9.17, 15) is 30.6 Å². The molecule has 0 aliphatic heterocycles. The molecule has 2 aromatic carbocycles. The Bertz CT molecular complexity index is 757. The molecule has 0 radical (unpaired) electrons. The SMILES string of the molecule is CC(=C(O)[C@@H](O)[C@@H](O)[C@H](O)[C@@H](O)C(O)=C(C)c1ccccc1)c1ccccc1. The van der Waals surface area contributed by atoms with Gasteiger partial charge in [-0.05, 0) is 36.1 Å². The van der Waals surface area contributed by atoms with E-state index in [1.54, 1.807) is 74.5 Å². The number of allylic oxidation sites excluding steroid dienone is 2. The van der Waals surface area contributed by atoms with Crippen LogP contribution in [0.1, 0.15) is 25.0 Å². The first kappa shape index (κ1) is 21.7. The number of aliphatic hydroxyl groups excluding tert-OH is 6. The Balaban J connectivity index is 2.21. The van der Waals surface area contributed by atoms with Crippen LogP contribution >= 0.6 is 0 Å². The van der Waals surface area contributed by atoms with Crippen molar-refractivity contribution >= 4 is 11.1 Å². The van der Waals surface area contributed by atoms with Gasteiger partial charge in [0.05, 0.1) is 0 Å². The Kier molecular flexibility index (Phi) is 7.37. The highest BCUT2D eigenvalue weighted by Crippen LogP contribution is 2.24. The predicted octanol–water partition coefficient (Wildman–Crippen LogP) is 2.41. The van der Waals surface area contributed by atoms with E-state index in [-0.39, 0.29) is 0 Å². The number of hydrogen-bond acceptors (Lipinski definition) is 6. The number of hydrogen-bond donors (Lipinski definition) is 6. The third-order valence-corrected chi connectivity index (χ3v) is 4.74. The minimum atomic E-state index is -1.93. The fourth-order valence-corrected chi connectivity index (χ4v) is 2.81. The van der Waals surface area contributed by atoms with Crippen molar-refractivity contribution in [3.63, 3.8) is 0 Å². The Morgan fingerprint density at radius 1 is 0.571 bits per heavy atom. The van der Waals surface area contributed by atoms with Crippen molar-refractivity contribution in [3.05, 3.63) is 83.3 Å². The van der Waals surface area contributed by atoms with E-state index in [0.29, 0.717) is 22.3 Å². The molecule has 0 spiro atoms. The van der Waals surface area contributed by atoms with Crippen LogP contribution < -0.4 is 0 Å². The summed E-state index contributed by atoms with van der Waals surface area (Å²) in [5.74, 6) is -1.07. The standard InChI is InChI=1S/C22H26O6/c1-13(15-9-5-3-6-10-15)17(23)19(25)21(27)22(28)20(26)18(24)14(2)16-11-7-4-8-12-16/h3-12,19-28H,1-2H3/t19-,20+,21-,22-/m1/s1. The van der Waals surface area contributed by atoms with Gasteiger partial charge in [-0.25, -0.2) is 0 Å². The summed E-state index contributed by atoms with van der Waals surface area (Å²) in [6, 6.07) is 17.5. The predicted molar refractivity (Wildman–Crippen MR) is 107 cm³/mol. The Labute approximate surface area is 164 Å². The highest BCUT2D eigenvalue weighted by atomic mass is 16.4. The average molecular weight is 386 g/mol. The lowest BCUT2D eigenvalue weighted by molar-refractivity contribution is -0.0999. The molecule has 150 valence electrons. The fourth-order valence-electron chi connectivity index (χ4n) is 2.81. The van der Waals surface area contributed by atoms with Gasteiger partial charge in [-0.15, -0.1) is 0 Å². The fraction of sp³-hybridized carbons (Fsp3) is 0.273. The molecule has 0 unspecified atom stereocenters. The molecule has 0 amide bonds. The molecule has 0 saturated heterocycles. The van der Waals surface area contributed by atoms with Gasteiger partial charge in [-0.3, -0.25) is 0 Å². The molecule has 0 aromatic heterocycles. The van der Waals surface area contributed by atoms with Gasteiger partial charge < -0.3 is 30.6 Å². The van der Waals surface area contributed by atoms with Gasteiger partial charge in [-0.1, -0.05) is 60.7 Å². The zero-order valence-corrected chi connectivity index (χ0v) is 15.8. The number of benzene rings is 2. The lowest BCUT2D eigenvalue weighted by Gasteiger charge is -2.27. The number of aliphatic hydroxyl groups is 6. The normalized spacial score (nSPS) is 17.8. The van der Waals surface area contributed by atoms with Crippen LogP contribution in [-0.4, -0.2) is 55.1 Å². The Morgan fingerprint density at radius 2 is 0.857 bits per heavy atom. The van der Waals surface area contributed by atoms with Crippen LogP contribution in [0.5, 0.6) is 0 Å².